The van der Waals surface area contributed by atoms with Crippen LogP contribution in [0, 0.1) is 0 Å². The number of carbonyl (C=O) groups excluding carboxylic acids is 1. The summed E-state index contributed by atoms with van der Waals surface area (Å²) in [5, 5.41) is 5.26. The highest BCUT2D eigenvalue weighted by Crippen LogP contribution is 2.37. The van der Waals surface area contributed by atoms with Gasteiger partial charge < -0.3 is 19.2 Å². The van der Waals surface area contributed by atoms with Crippen LogP contribution in [0.15, 0.2) is 71.1 Å². The molecule has 5 heteroatoms. The lowest BCUT2D eigenvalue weighted by atomic mass is 10.1. The van der Waals surface area contributed by atoms with Crippen LogP contribution in [0.5, 0.6) is 5.75 Å². The predicted octanol–water partition coefficient (Wildman–Crippen LogP) is 5.31. The Hall–Kier alpha value is -3.47. The summed E-state index contributed by atoms with van der Waals surface area (Å²) in [5.41, 5.74) is 3.01. The first kappa shape index (κ1) is 17.9. The zero-order valence-electron chi connectivity index (χ0n) is 15.8. The number of methoxy groups -OCH3 is 1. The first-order chi connectivity index (χ1) is 13.7. The van der Waals surface area contributed by atoms with Gasteiger partial charge in [0.2, 0.25) is 0 Å². The van der Waals surface area contributed by atoms with Crippen molar-refractivity contribution in [3.8, 4) is 5.75 Å². The smallest absolute Gasteiger partial charge is 0.333 e. The molecule has 0 aliphatic carbocycles. The molecule has 0 radical (unpaired) electrons. The molecule has 1 aromatic heterocycles. The Morgan fingerprint density at radius 1 is 1.00 bits per heavy atom. The Bertz CT molecular complexity index is 1120. The lowest BCUT2D eigenvalue weighted by Gasteiger charge is -2.20. The van der Waals surface area contributed by atoms with Crippen LogP contribution in [0.1, 0.15) is 18.5 Å². The van der Waals surface area contributed by atoms with Crippen molar-refractivity contribution in [2.45, 2.75) is 13.0 Å². The summed E-state index contributed by atoms with van der Waals surface area (Å²) < 4.78 is 16.8. The summed E-state index contributed by atoms with van der Waals surface area (Å²) in [6.07, 6.45) is 0. The molecule has 5 nitrogen and oxygen atoms in total. The number of para-hydroxylation sites is 1. The third-order valence-corrected chi connectivity index (χ3v) is 4.65. The van der Waals surface area contributed by atoms with Gasteiger partial charge in [-0.1, -0.05) is 48.5 Å². The highest BCUT2D eigenvalue weighted by Gasteiger charge is 2.24. The summed E-state index contributed by atoms with van der Waals surface area (Å²) in [4.78, 5) is 12.6. The summed E-state index contributed by atoms with van der Waals surface area (Å²) in [5.74, 6) is 0.282. The van der Waals surface area contributed by atoms with E-state index in [1.165, 1.54) is 0 Å². The SMILES string of the molecule is CCOC(=O)[C@@H](Nc1cc2oc3ccccc3c2cc1OC)c1ccccc1. The van der Waals surface area contributed by atoms with Gasteiger partial charge in [-0.15, -0.1) is 0 Å². The number of anilines is 1. The van der Waals surface area contributed by atoms with Crippen molar-refractivity contribution in [3.05, 3.63) is 72.3 Å². The average Bonchev–Trinajstić information content (AvgIpc) is 3.09. The Balaban J connectivity index is 1.79. The van der Waals surface area contributed by atoms with E-state index >= 15 is 0 Å². The first-order valence-electron chi connectivity index (χ1n) is 9.18. The Kier molecular flexibility index (Phi) is 4.89. The molecule has 1 N–H and O–H groups in total. The molecule has 0 spiro atoms. The zero-order valence-corrected chi connectivity index (χ0v) is 15.8. The van der Waals surface area contributed by atoms with Gasteiger partial charge in [0.05, 0.1) is 19.4 Å². The molecule has 3 aromatic carbocycles. The van der Waals surface area contributed by atoms with Crippen molar-refractivity contribution in [2.24, 2.45) is 0 Å². The van der Waals surface area contributed by atoms with Crippen LogP contribution in [-0.4, -0.2) is 19.7 Å². The standard InChI is InChI=1S/C23H21NO4/c1-3-27-23(25)22(15-9-5-4-6-10-15)24-18-14-20-17(13-21(18)26-2)16-11-7-8-12-19(16)28-20/h4-14,22,24H,3H2,1-2H3/t22-/m0/s1. The van der Waals surface area contributed by atoms with Gasteiger partial charge >= 0.3 is 5.97 Å². The molecule has 0 saturated heterocycles. The topological polar surface area (TPSA) is 60.7 Å². The van der Waals surface area contributed by atoms with E-state index in [4.69, 9.17) is 13.9 Å². The van der Waals surface area contributed by atoms with Crippen molar-refractivity contribution >= 4 is 33.6 Å². The molecule has 0 unspecified atom stereocenters. The molecular formula is C23H21NO4. The molecular weight excluding hydrogens is 354 g/mol. The minimum absolute atomic E-state index is 0.309. The van der Waals surface area contributed by atoms with Crippen molar-refractivity contribution in [2.75, 3.05) is 19.0 Å². The number of rotatable bonds is 6. The third-order valence-electron chi connectivity index (χ3n) is 4.65. The maximum absolute atomic E-state index is 12.6. The molecule has 4 aromatic rings. The van der Waals surface area contributed by atoms with Crippen molar-refractivity contribution in [3.63, 3.8) is 0 Å². The number of hydrogen-bond donors (Lipinski definition) is 1. The van der Waals surface area contributed by atoms with Crippen LogP contribution in [0.25, 0.3) is 21.9 Å². The number of furan rings is 1. The minimum Gasteiger partial charge on any atom is -0.495 e. The number of fused-ring (bicyclic) bond motifs is 3. The quantitative estimate of drug-likeness (QED) is 0.463. The molecule has 0 saturated carbocycles. The van der Waals surface area contributed by atoms with Crippen molar-refractivity contribution in [1.82, 2.24) is 0 Å². The molecule has 142 valence electrons. The van der Waals surface area contributed by atoms with Crippen molar-refractivity contribution < 1.29 is 18.7 Å². The van der Waals surface area contributed by atoms with E-state index in [1.54, 1.807) is 14.0 Å². The molecule has 28 heavy (non-hydrogen) atoms. The molecule has 0 bridgehead atoms. The second kappa shape index (κ2) is 7.64. The van der Waals surface area contributed by atoms with E-state index in [0.717, 1.165) is 27.5 Å². The second-order valence-corrected chi connectivity index (χ2v) is 6.39. The maximum atomic E-state index is 12.6. The highest BCUT2D eigenvalue weighted by molar-refractivity contribution is 6.06. The normalized spacial score (nSPS) is 12.1. The highest BCUT2D eigenvalue weighted by atomic mass is 16.5. The summed E-state index contributed by atoms with van der Waals surface area (Å²) in [6, 6.07) is 20.5. The van der Waals surface area contributed by atoms with Crippen LogP contribution >= 0.6 is 0 Å². The molecule has 0 fully saturated rings. The largest absolute Gasteiger partial charge is 0.495 e. The van der Waals surface area contributed by atoms with Crippen molar-refractivity contribution in [1.29, 1.82) is 0 Å². The fourth-order valence-electron chi connectivity index (χ4n) is 3.34. The zero-order chi connectivity index (χ0) is 19.5. The van der Waals surface area contributed by atoms with Crippen LogP contribution < -0.4 is 10.1 Å². The van der Waals surface area contributed by atoms with E-state index in [-0.39, 0.29) is 5.97 Å². The molecule has 4 rings (SSSR count). The minimum atomic E-state index is -0.656. The van der Waals surface area contributed by atoms with Gasteiger partial charge in [0.1, 0.15) is 16.9 Å². The third kappa shape index (κ3) is 3.27. The Labute approximate surface area is 162 Å². The monoisotopic (exact) mass is 375 g/mol. The van der Waals surface area contributed by atoms with Gasteiger partial charge in [0.15, 0.2) is 6.04 Å². The van der Waals surface area contributed by atoms with E-state index < -0.39 is 6.04 Å². The van der Waals surface area contributed by atoms with Gasteiger partial charge in [0.25, 0.3) is 0 Å². The van der Waals surface area contributed by atoms with E-state index in [0.29, 0.717) is 18.0 Å². The number of esters is 1. The lowest BCUT2D eigenvalue weighted by molar-refractivity contribution is -0.144. The molecule has 0 aliphatic heterocycles. The van der Waals surface area contributed by atoms with Gasteiger partial charge in [-0.05, 0) is 24.6 Å². The molecule has 1 atom stereocenters. The second-order valence-electron chi connectivity index (χ2n) is 6.39. The number of ether oxygens (including phenoxy) is 2. The van der Waals surface area contributed by atoms with Gasteiger partial charge in [-0.2, -0.15) is 0 Å². The fraction of sp³-hybridized carbons (Fsp3) is 0.174. The fourth-order valence-corrected chi connectivity index (χ4v) is 3.34. The van der Waals surface area contributed by atoms with E-state index in [1.807, 2.05) is 66.7 Å². The summed E-state index contributed by atoms with van der Waals surface area (Å²) in [6.45, 7) is 2.10. The number of benzene rings is 3. The number of carbonyl (C=O) groups is 1. The lowest BCUT2D eigenvalue weighted by Crippen LogP contribution is -2.23. The Morgan fingerprint density at radius 2 is 1.75 bits per heavy atom. The van der Waals surface area contributed by atoms with Gasteiger partial charge in [-0.25, -0.2) is 4.79 Å². The van der Waals surface area contributed by atoms with Crippen LogP contribution in [0.4, 0.5) is 5.69 Å². The average molecular weight is 375 g/mol. The van der Waals surface area contributed by atoms with Crippen LogP contribution in [-0.2, 0) is 9.53 Å². The Morgan fingerprint density at radius 3 is 2.50 bits per heavy atom. The molecule has 1 heterocycles. The summed E-state index contributed by atoms with van der Waals surface area (Å²) >= 11 is 0. The first-order valence-corrected chi connectivity index (χ1v) is 9.18. The van der Waals surface area contributed by atoms with E-state index in [9.17, 15) is 4.79 Å². The summed E-state index contributed by atoms with van der Waals surface area (Å²) in [7, 11) is 1.61. The molecule has 0 amide bonds. The number of hydrogen-bond acceptors (Lipinski definition) is 5. The van der Waals surface area contributed by atoms with Crippen LogP contribution in [0.3, 0.4) is 0 Å². The van der Waals surface area contributed by atoms with Gasteiger partial charge in [-0.3, -0.25) is 0 Å². The van der Waals surface area contributed by atoms with Gasteiger partial charge in [0, 0.05) is 16.8 Å². The maximum Gasteiger partial charge on any atom is 0.333 e. The predicted molar refractivity (Wildman–Crippen MR) is 110 cm³/mol. The van der Waals surface area contributed by atoms with E-state index in [2.05, 4.69) is 5.32 Å². The number of nitrogens with one attached hydrogen (secondary N) is 1. The van der Waals surface area contributed by atoms with Crippen LogP contribution in [0.2, 0.25) is 0 Å². The molecule has 0 aliphatic rings.